The number of hydrogen-bond acceptors (Lipinski definition) is 3. The highest BCUT2D eigenvalue weighted by Gasteiger charge is 2.30. The molecule has 0 amide bonds. The molecule has 156 valence electrons. The topological polar surface area (TPSA) is 47.3 Å². The zero-order chi connectivity index (χ0) is 22.0. The first-order valence-corrected chi connectivity index (χ1v) is 9.38. The SMILES string of the molecule is Cc1cc(C#Cc2cccnc2)cc2cn(Cc3ccc(OC(F)(F)F)cc3)c(O)c12. The summed E-state index contributed by atoms with van der Waals surface area (Å²) in [5.74, 6) is 5.98. The van der Waals surface area contributed by atoms with Crippen LogP contribution in [0, 0.1) is 18.8 Å². The summed E-state index contributed by atoms with van der Waals surface area (Å²) in [5.41, 5.74) is 3.20. The lowest BCUT2D eigenvalue weighted by atomic mass is 10.1. The molecule has 31 heavy (non-hydrogen) atoms. The van der Waals surface area contributed by atoms with Crippen molar-refractivity contribution >= 4 is 10.8 Å². The Kier molecular flexibility index (Phi) is 5.30. The average Bonchev–Trinajstić information content (AvgIpc) is 3.03. The summed E-state index contributed by atoms with van der Waals surface area (Å²) in [6.45, 7) is 2.19. The molecular weight excluding hydrogens is 405 g/mol. The third kappa shape index (κ3) is 4.81. The minimum Gasteiger partial charge on any atom is -0.494 e. The number of aromatic hydroxyl groups is 1. The highest BCUT2D eigenvalue weighted by molar-refractivity contribution is 5.92. The van der Waals surface area contributed by atoms with Gasteiger partial charge in [-0.25, -0.2) is 0 Å². The molecule has 0 spiro atoms. The van der Waals surface area contributed by atoms with Crippen molar-refractivity contribution in [3.8, 4) is 23.5 Å². The first-order chi connectivity index (χ1) is 14.8. The van der Waals surface area contributed by atoms with Gasteiger partial charge in [0.1, 0.15) is 5.75 Å². The monoisotopic (exact) mass is 422 g/mol. The van der Waals surface area contributed by atoms with Crippen LogP contribution in [-0.2, 0) is 6.54 Å². The molecular formula is C24H17F3N2O2. The van der Waals surface area contributed by atoms with E-state index in [0.29, 0.717) is 11.9 Å². The average molecular weight is 422 g/mol. The molecule has 0 aliphatic heterocycles. The largest absolute Gasteiger partial charge is 0.573 e. The van der Waals surface area contributed by atoms with Gasteiger partial charge in [-0.3, -0.25) is 4.98 Å². The second-order valence-electron chi connectivity index (χ2n) is 7.02. The quantitative estimate of drug-likeness (QED) is 0.450. The Balaban J connectivity index is 1.60. The zero-order valence-corrected chi connectivity index (χ0v) is 16.4. The molecule has 1 N–H and O–H groups in total. The van der Waals surface area contributed by atoms with Gasteiger partial charge in [0.05, 0.1) is 6.54 Å². The third-order valence-electron chi connectivity index (χ3n) is 4.68. The summed E-state index contributed by atoms with van der Waals surface area (Å²) in [6, 6.07) is 13.0. The van der Waals surface area contributed by atoms with Gasteiger partial charge in [0.2, 0.25) is 0 Å². The fourth-order valence-electron chi connectivity index (χ4n) is 3.36. The van der Waals surface area contributed by atoms with Gasteiger partial charge in [-0.15, -0.1) is 13.2 Å². The first kappa shape index (κ1) is 20.4. The Bertz CT molecular complexity index is 1280. The molecule has 4 aromatic rings. The summed E-state index contributed by atoms with van der Waals surface area (Å²) in [5, 5.41) is 12.2. The molecule has 7 heteroatoms. The van der Waals surface area contributed by atoms with E-state index in [2.05, 4.69) is 21.6 Å². The van der Waals surface area contributed by atoms with E-state index in [9.17, 15) is 18.3 Å². The lowest BCUT2D eigenvalue weighted by molar-refractivity contribution is -0.274. The number of aromatic nitrogens is 2. The maximum Gasteiger partial charge on any atom is 0.573 e. The van der Waals surface area contributed by atoms with E-state index in [-0.39, 0.29) is 11.6 Å². The standard InChI is InChI=1S/C24H17F3N2O2/c1-16-11-19(5-4-17-3-2-10-28-13-17)12-20-15-29(23(30)22(16)20)14-18-6-8-21(9-7-18)31-24(25,26)27/h2-3,6-13,15,30H,14H2,1H3. The molecule has 0 fully saturated rings. The third-order valence-corrected chi connectivity index (χ3v) is 4.68. The van der Waals surface area contributed by atoms with Gasteiger partial charge in [0, 0.05) is 40.5 Å². The van der Waals surface area contributed by atoms with Crippen LogP contribution in [0.4, 0.5) is 13.2 Å². The molecule has 0 bridgehead atoms. The van der Waals surface area contributed by atoms with Gasteiger partial charge >= 0.3 is 6.36 Å². The molecule has 0 aliphatic carbocycles. The van der Waals surface area contributed by atoms with Crippen molar-refractivity contribution in [2.24, 2.45) is 0 Å². The van der Waals surface area contributed by atoms with E-state index >= 15 is 0 Å². The smallest absolute Gasteiger partial charge is 0.494 e. The number of pyridine rings is 1. The van der Waals surface area contributed by atoms with E-state index < -0.39 is 6.36 Å². The Morgan fingerprint density at radius 1 is 1.06 bits per heavy atom. The van der Waals surface area contributed by atoms with Crippen molar-refractivity contribution in [2.75, 3.05) is 0 Å². The predicted molar refractivity (Wildman–Crippen MR) is 111 cm³/mol. The van der Waals surface area contributed by atoms with Crippen LogP contribution in [0.5, 0.6) is 11.6 Å². The molecule has 4 nitrogen and oxygen atoms in total. The summed E-state index contributed by atoms with van der Waals surface area (Å²) >= 11 is 0. The zero-order valence-electron chi connectivity index (χ0n) is 16.4. The van der Waals surface area contributed by atoms with Crippen LogP contribution >= 0.6 is 0 Å². The lowest BCUT2D eigenvalue weighted by Gasteiger charge is -2.10. The van der Waals surface area contributed by atoms with Crippen molar-refractivity contribution in [1.82, 2.24) is 9.55 Å². The molecule has 2 aromatic heterocycles. The van der Waals surface area contributed by atoms with Crippen LogP contribution in [0.15, 0.2) is 67.1 Å². The molecule has 0 atom stereocenters. The van der Waals surface area contributed by atoms with Gasteiger partial charge in [0.15, 0.2) is 5.88 Å². The number of hydrogen-bond donors (Lipinski definition) is 1. The minimum atomic E-state index is -4.73. The number of alkyl halides is 3. The van der Waals surface area contributed by atoms with E-state index in [0.717, 1.165) is 27.6 Å². The van der Waals surface area contributed by atoms with Crippen LogP contribution in [-0.4, -0.2) is 21.0 Å². The maximum absolute atomic E-state index is 12.3. The Morgan fingerprint density at radius 2 is 1.81 bits per heavy atom. The number of benzene rings is 2. The molecule has 2 heterocycles. The highest BCUT2D eigenvalue weighted by Crippen LogP contribution is 2.32. The number of ether oxygens (including phenoxy) is 1. The fraction of sp³-hybridized carbons (Fsp3) is 0.125. The minimum absolute atomic E-state index is 0.0925. The number of halogens is 3. The second-order valence-corrected chi connectivity index (χ2v) is 7.02. The van der Waals surface area contributed by atoms with Crippen molar-refractivity contribution < 1.29 is 23.0 Å². The number of fused-ring (bicyclic) bond motifs is 1. The lowest BCUT2D eigenvalue weighted by Crippen LogP contribution is -2.17. The summed E-state index contributed by atoms with van der Waals surface area (Å²) < 4.78 is 42.5. The molecule has 0 radical (unpaired) electrons. The summed E-state index contributed by atoms with van der Waals surface area (Å²) in [6.07, 6.45) is 0.440. The van der Waals surface area contributed by atoms with Gasteiger partial charge in [0.25, 0.3) is 0 Å². The van der Waals surface area contributed by atoms with Crippen molar-refractivity contribution in [3.05, 3.63) is 89.4 Å². The van der Waals surface area contributed by atoms with Crippen molar-refractivity contribution in [3.63, 3.8) is 0 Å². The van der Waals surface area contributed by atoms with Crippen LogP contribution < -0.4 is 4.74 Å². The van der Waals surface area contributed by atoms with Gasteiger partial charge in [-0.1, -0.05) is 24.0 Å². The number of rotatable bonds is 3. The van der Waals surface area contributed by atoms with E-state index in [1.807, 2.05) is 31.2 Å². The van der Waals surface area contributed by atoms with E-state index in [1.54, 1.807) is 23.2 Å². The number of nitrogens with zero attached hydrogens (tertiary/aromatic N) is 2. The molecule has 0 aliphatic rings. The summed E-state index contributed by atoms with van der Waals surface area (Å²) in [4.78, 5) is 4.04. The van der Waals surface area contributed by atoms with E-state index in [4.69, 9.17) is 0 Å². The highest BCUT2D eigenvalue weighted by atomic mass is 19.4. The summed E-state index contributed by atoms with van der Waals surface area (Å²) in [7, 11) is 0. The van der Waals surface area contributed by atoms with E-state index in [1.165, 1.54) is 24.3 Å². The van der Waals surface area contributed by atoms with Crippen molar-refractivity contribution in [2.45, 2.75) is 19.8 Å². The maximum atomic E-state index is 12.3. The van der Waals surface area contributed by atoms with Crippen LogP contribution in [0.3, 0.4) is 0 Å². The Labute approximate surface area is 176 Å². The Hall–Kier alpha value is -3.92. The fourth-order valence-corrected chi connectivity index (χ4v) is 3.36. The number of aryl methyl sites for hydroxylation is 1. The van der Waals surface area contributed by atoms with Gasteiger partial charge in [-0.05, 0) is 54.4 Å². The van der Waals surface area contributed by atoms with Gasteiger partial charge in [-0.2, -0.15) is 0 Å². The normalized spacial score (nSPS) is 11.2. The van der Waals surface area contributed by atoms with Gasteiger partial charge < -0.3 is 14.4 Å². The van der Waals surface area contributed by atoms with Crippen LogP contribution in [0.1, 0.15) is 22.3 Å². The first-order valence-electron chi connectivity index (χ1n) is 9.38. The molecule has 2 aromatic carbocycles. The van der Waals surface area contributed by atoms with Crippen molar-refractivity contribution in [1.29, 1.82) is 0 Å². The molecule has 0 saturated carbocycles. The predicted octanol–water partition coefficient (Wildman–Crippen LogP) is 5.40. The Morgan fingerprint density at radius 3 is 2.48 bits per heavy atom. The second kappa shape index (κ2) is 8.07. The molecule has 4 rings (SSSR count). The molecule has 0 saturated heterocycles. The molecule has 0 unspecified atom stereocenters. The van der Waals surface area contributed by atoms with Crippen LogP contribution in [0.2, 0.25) is 0 Å². The van der Waals surface area contributed by atoms with Crippen LogP contribution in [0.25, 0.3) is 10.8 Å².